The molecule has 3 aliphatic rings. The van der Waals surface area contributed by atoms with Gasteiger partial charge in [0.2, 0.25) is 11.8 Å². The van der Waals surface area contributed by atoms with Gasteiger partial charge in [0.15, 0.2) is 5.54 Å². The lowest BCUT2D eigenvalue weighted by Crippen LogP contribution is -2.44. The molecule has 11 heteroatoms. The van der Waals surface area contributed by atoms with E-state index in [4.69, 9.17) is 0 Å². The molecule has 3 saturated heterocycles. The molecule has 0 bridgehead atoms. The van der Waals surface area contributed by atoms with Crippen molar-refractivity contribution in [3.8, 4) is 0 Å². The number of nitrogens with one attached hydrogen (secondary N) is 5. The fourth-order valence-electron chi connectivity index (χ4n) is 5.67. The predicted octanol–water partition coefficient (Wildman–Crippen LogP) is 3.50. The summed E-state index contributed by atoms with van der Waals surface area (Å²) in [6, 6.07) is 36.1. The number of benzene rings is 4. The molecule has 5 N–H and O–H groups in total. The van der Waals surface area contributed by atoms with Gasteiger partial charge in [0.05, 0.1) is 5.41 Å². The summed E-state index contributed by atoms with van der Waals surface area (Å²) in [5.74, 6) is -1.06. The van der Waals surface area contributed by atoms with E-state index in [-0.39, 0.29) is 30.0 Å². The fourth-order valence-corrected chi connectivity index (χ4v) is 5.67. The number of carbonyl (C=O) groups excluding carboxylic acids is 6. The zero-order valence-electron chi connectivity index (χ0n) is 25.7. The van der Waals surface area contributed by atoms with E-state index in [9.17, 15) is 28.8 Å². The van der Waals surface area contributed by atoms with Crippen LogP contribution in [0.25, 0.3) is 0 Å². The zero-order valence-corrected chi connectivity index (χ0v) is 25.7. The molecule has 7 rings (SSSR count). The van der Waals surface area contributed by atoms with Gasteiger partial charge in [-0.3, -0.25) is 35.1 Å². The molecule has 0 radical (unpaired) electrons. The van der Waals surface area contributed by atoms with Crippen LogP contribution in [0.15, 0.2) is 121 Å². The predicted molar refractivity (Wildman–Crippen MR) is 172 cm³/mol. The molecule has 0 saturated carbocycles. The Kier molecular flexibility index (Phi) is 9.00. The summed E-state index contributed by atoms with van der Waals surface area (Å²) in [4.78, 5) is 69.1. The topological polar surface area (TPSA) is 163 Å². The molecule has 0 spiro atoms. The normalized spacial score (nSPS) is 22.3. The zero-order chi connectivity index (χ0) is 33.7. The molecule has 4 aromatic rings. The molecule has 4 aromatic carbocycles. The Morgan fingerprint density at radius 1 is 0.447 bits per heavy atom. The van der Waals surface area contributed by atoms with Gasteiger partial charge in [-0.2, -0.15) is 0 Å². The van der Waals surface area contributed by atoms with Gasteiger partial charge in [0.1, 0.15) is 5.54 Å². The molecular formula is C36H33N5O6. The summed E-state index contributed by atoms with van der Waals surface area (Å²) in [5, 5.41) is 12.2. The third kappa shape index (κ3) is 6.36. The van der Waals surface area contributed by atoms with Crippen LogP contribution in [0.2, 0.25) is 0 Å². The van der Waals surface area contributed by atoms with Crippen LogP contribution in [0.1, 0.15) is 42.5 Å². The first-order valence-corrected chi connectivity index (χ1v) is 14.8. The molecule has 0 aromatic heterocycles. The van der Waals surface area contributed by atoms with Gasteiger partial charge in [0, 0.05) is 6.42 Å². The van der Waals surface area contributed by atoms with Gasteiger partial charge >= 0.3 is 12.1 Å². The van der Waals surface area contributed by atoms with E-state index >= 15 is 0 Å². The van der Waals surface area contributed by atoms with Crippen molar-refractivity contribution in [3.05, 3.63) is 144 Å². The minimum atomic E-state index is -1.14. The number of amides is 8. The average molecular weight is 632 g/mol. The van der Waals surface area contributed by atoms with Crippen LogP contribution in [0.3, 0.4) is 0 Å². The summed E-state index contributed by atoms with van der Waals surface area (Å²) in [5.41, 5.74) is 0.400. The van der Waals surface area contributed by atoms with Gasteiger partial charge in [0.25, 0.3) is 11.8 Å². The minimum Gasteiger partial charge on any atom is -0.320 e. The first-order chi connectivity index (χ1) is 22.5. The Bertz CT molecular complexity index is 1700. The largest absolute Gasteiger partial charge is 0.322 e. The van der Waals surface area contributed by atoms with E-state index in [1.165, 1.54) is 0 Å². The highest BCUT2D eigenvalue weighted by molar-refractivity contribution is 6.10. The smallest absolute Gasteiger partial charge is 0.320 e. The van der Waals surface area contributed by atoms with Gasteiger partial charge in [-0.05, 0) is 36.1 Å². The molecule has 2 atom stereocenters. The monoisotopic (exact) mass is 631 g/mol. The van der Waals surface area contributed by atoms with Crippen molar-refractivity contribution >= 4 is 35.7 Å². The third-order valence-electron chi connectivity index (χ3n) is 8.36. The maximum atomic E-state index is 12.3. The molecule has 3 fully saturated rings. The second-order valence-corrected chi connectivity index (χ2v) is 11.5. The van der Waals surface area contributed by atoms with Crippen LogP contribution in [0, 0.1) is 0 Å². The van der Waals surface area contributed by atoms with E-state index in [1.54, 1.807) is 13.8 Å². The molecule has 0 aliphatic carbocycles. The maximum absolute atomic E-state index is 12.3. The summed E-state index contributed by atoms with van der Waals surface area (Å²) in [7, 11) is 0. The summed E-state index contributed by atoms with van der Waals surface area (Å²) >= 11 is 0. The lowest BCUT2D eigenvalue weighted by Gasteiger charge is -2.27. The van der Waals surface area contributed by atoms with Crippen molar-refractivity contribution in [2.24, 2.45) is 0 Å². The maximum Gasteiger partial charge on any atom is 0.322 e. The minimum absolute atomic E-state index is 0.193. The average Bonchev–Trinajstić information content (AvgIpc) is 3.66. The lowest BCUT2D eigenvalue weighted by molar-refractivity contribution is -0.126. The number of hydrogen-bond donors (Lipinski definition) is 5. The highest BCUT2D eigenvalue weighted by Gasteiger charge is 2.49. The van der Waals surface area contributed by atoms with E-state index in [0.717, 1.165) is 22.3 Å². The molecule has 8 amide bonds. The van der Waals surface area contributed by atoms with Crippen LogP contribution < -0.4 is 26.6 Å². The quantitative estimate of drug-likeness (QED) is 0.171. The van der Waals surface area contributed by atoms with E-state index in [2.05, 4.69) is 26.6 Å². The number of carbonyl (C=O) groups is 6. The van der Waals surface area contributed by atoms with Crippen molar-refractivity contribution in [2.45, 2.75) is 36.8 Å². The second kappa shape index (κ2) is 13.1. The Balaban J connectivity index is 0.000000141. The fraction of sp³-hybridized carbons (Fsp3) is 0.167. The Labute approximate surface area is 271 Å². The lowest BCUT2D eigenvalue weighted by atomic mass is 9.81. The summed E-state index contributed by atoms with van der Waals surface area (Å²) < 4.78 is 0. The number of rotatable bonds is 4. The second-order valence-electron chi connectivity index (χ2n) is 11.5. The van der Waals surface area contributed by atoms with Gasteiger partial charge in [-0.25, -0.2) is 9.59 Å². The molecule has 3 aliphatic heterocycles. The van der Waals surface area contributed by atoms with Crippen molar-refractivity contribution in [3.63, 3.8) is 0 Å². The van der Waals surface area contributed by atoms with Crippen molar-refractivity contribution in [2.75, 3.05) is 0 Å². The van der Waals surface area contributed by atoms with Gasteiger partial charge < -0.3 is 10.6 Å². The van der Waals surface area contributed by atoms with E-state index in [0.29, 0.717) is 0 Å². The van der Waals surface area contributed by atoms with Crippen molar-refractivity contribution in [1.29, 1.82) is 0 Å². The molecule has 2 unspecified atom stereocenters. The summed E-state index contributed by atoms with van der Waals surface area (Å²) in [6.07, 6.45) is 0.246. The van der Waals surface area contributed by atoms with Crippen molar-refractivity contribution in [1.82, 2.24) is 26.6 Å². The highest BCUT2D eigenvalue weighted by atomic mass is 16.2. The number of urea groups is 2. The third-order valence-corrected chi connectivity index (χ3v) is 8.36. The standard InChI is InChI=1S/C15H12N2O2.C11H11NO2.C10H10N2O2/c18-13-15(17-14(19)16-13,11-7-3-1-4-8-11)12-9-5-2-6-10-12;1-11(7-9(13)12-10(11)14)8-5-3-2-4-6-8;1-10(7-5-3-2-4-6-7)8(13)11-9(14)12-10/h1-10H,(H2,16,17,18,19);2-6H,7H2,1H3,(H,12,13,14);2-6H,1H3,(H2,11,12,13,14). The molecule has 47 heavy (non-hydrogen) atoms. The Morgan fingerprint density at radius 2 is 0.851 bits per heavy atom. The molecule has 3 heterocycles. The van der Waals surface area contributed by atoms with Crippen molar-refractivity contribution < 1.29 is 28.8 Å². The van der Waals surface area contributed by atoms with Crippen LogP contribution in [0.4, 0.5) is 9.59 Å². The molecule has 11 nitrogen and oxygen atoms in total. The van der Waals surface area contributed by atoms with Crippen LogP contribution >= 0.6 is 0 Å². The Morgan fingerprint density at radius 3 is 1.21 bits per heavy atom. The first-order valence-electron chi connectivity index (χ1n) is 14.8. The van der Waals surface area contributed by atoms with Crippen LogP contribution in [-0.2, 0) is 35.7 Å². The SMILES string of the molecule is CC1(c2ccccc2)CC(=O)NC1=O.CC1(c2ccccc2)NC(=O)NC1=O.O=C1NC(=O)C(c2ccccc2)(c2ccccc2)N1. The van der Waals surface area contributed by atoms with E-state index in [1.807, 2.05) is 121 Å². The van der Waals surface area contributed by atoms with Gasteiger partial charge in [-0.1, -0.05) is 121 Å². The number of hydrogen-bond acceptors (Lipinski definition) is 6. The number of imide groups is 3. The van der Waals surface area contributed by atoms with Crippen LogP contribution in [0.5, 0.6) is 0 Å². The highest BCUT2D eigenvalue weighted by Crippen LogP contribution is 2.33. The van der Waals surface area contributed by atoms with Gasteiger partial charge in [-0.15, -0.1) is 0 Å². The van der Waals surface area contributed by atoms with Crippen LogP contribution in [-0.4, -0.2) is 35.7 Å². The molecular weight excluding hydrogens is 598 g/mol. The molecule has 238 valence electrons. The first kappa shape index (κ1) is 32.3. The van der Waals surface area contributed by atoms with E-state index < -0.39 is 28.6 Å². The summed E-state index contributed by atoms with van der Waals surface area (Å²) in [6.45, 7) is 3.48. The Hall–Kier alpha value is -6.10.